The molecule has 7 heteroatoms. The molecule has 4 rings (SSSR count). The van der Waals surface area contributed by atoms with Crippen LogP contribution in [0.15, 0.2) is 24.5 Å². The summed E-state index contributed by atoms with van der Waals surface area (Å²) < 4.78 is 6.36. The topological polar surface area (TPSA) is 74.7 Å². The number of anilines is 1. The van der Waals surface area contributed by atoms with Gasteiger partial charge in [-0.1, -0.05) is 11.8 Å². The predicted molar refractivity (Wildman–Crippen MR) is 132 cm³/mol. The smallest absolute Gasteiger partial charge is 0.348 e. The third-order valence-corrected chi connectivity index (χ3v) is 7.07. The molecule has 0 amide bonds. The van der Waals surface area contributed by atoms with Gasteiger partial charge >= 0.3 is 5.97 Å². The van der Waals surface area contributed by atoms with Crippen LogP contribution < -0.4 is 10.1 Å². The number of pyridine rings is 1. The molecule has 1 aliphatic carbocycles. The highest BCUT2D eigenvalue weighted by atomic mass is 32.1. The lowest BCUT2D eigenvalue weighted by atomic mass is 9.92. The van der Waals surface area contributed by atoms with Crippen molar-refractivity contribution in [1.82, 2.24) is 9.88 Å². The second-order valence-corrected chi connectivity index (χ2v) is 11.1. The average molecular weight is 468 g/mol. The molecule has 0 unspecified atom stereocenters. The number of carboxylic acid groups (broad SMARTS) is 1. The minimum Gasteiger partial charge on any atom is -0.488 e. The van der Waals surface area contributed by atoms with Gasteiger partial charge in [0.2, 0.25) is 0 Å². The summed E-state index contributed by atoms with van der Waals surface area (Å²) in [5.41, 5.74) is 1.76. The zero-order valence-corrected chi connectivity index (χ0v) is 20.5. The maximum absolute atomic E-state index is 11.8. The molecular weight excluding hydrogens is 434 g/mol. The molecule has 0 spiro atoms. The molecule has 2 fully saturated rings. The Kier molecular flexibility index (Phi) is 7.26. The predicted octanol–water partition coefficient (Wildman–Crippen LogP) is 5.25. The van der Waals surface area contributed by atoms with E-state index in [1.807, 2.05) is 39.2 Å². The van der Waals surface area contributed by atoms with Gasteiger partial charge in [0, 0.05) is 29.8 Å². The molecule has 0 atom stereocenters. The maximum Gasteiger partial charge on any atom is 0.348 e. The molecule has 3 heterocycles. The zero-order valence-electron chi connectivity index (χ0n) is 19.7. The molecule has 176 valence electrons. The Morgan fingerprint density at radius 2 is 2.06 bits per heavy atom. The molecular formula is C26H33N3O3S. The number of nitrogens with zero attached hydrogens (tertiary/aromatic N) is 2. The largest absolute Gasteiger partial charge is 0.488 e. The summed E-state index contributed by atoms with van der Waals surface area (Å²) in [5, 5.41) is 13.1. The van der Waals surface area contributed by atoms with Gasteiger partial charge in [0.15, 0.2) is 0 Å². The number of carboxylic acids is 1. The fourth-order valence-electron chi connectivity index (χ4n) is 4.12. The van der Waals surface area contributed by atoms with Gasteiger partial charge in [-0.25, -0.2) is 4.79 Å². The molecule has 33 heavy (non-hydrogen) atoms. The Bertz CT molecular complexity index is 1040. The van der Waals surface area contributed by atoms with Crippen molar-refractivity contribution in [2.75, 3.05) is 18.4 Å². The minimum absolute atomic E-state index is 0.122. The Balaban J connectivity index is 1.35. The Labute approximate surface area is 200 Å². The van der Waals surface area contributed by atoms with Gasteiger partial charge in [-0.2, -0.15) is 0 Å². The van der Waals surface area contributed by atoms with E-state index in [-0.39, 0.29) is 17.6 Å². The molecule has 2 aliphatic rings. The lowest BCUT2D eigenvalue weighted by Gasteiger charge is -2.33. The molecule has 1 saturated carbocycles. The lowest BCUT2D eigenvalue weighted by molar-refractivity contribution is 0.0703. The number of likely N-dealkylation sites (tertiary alicyclic amines) is 1. The van der Waals surface area contributed by atoms with Crippen molar-refractivity contribution in [3.63, 3.8) is 0 Å². The third-order valence-electron chi connectivity index (χ3n) is 6.03. The van der Waals surface area contributed by atoms with Gasteiger partial charge in [0.1, 0.15) is 10.6 Å². The van der Waals surface area contributed by atoms with E-state index in [1.165, 1.54) is 23.3 Å². The number of hydrogen-bond acceptors (Lipinski definition) is 6. The maximum atomic E-state index is 11.8. The quantitative estimate of drug-likeness (QED) is 0.542. The lowest BCUT2D eigenvalue weighted by Crippen LogP contribution is -2.36. The number of thiophene rings is 1. The number of aromatic carboxylic acids is 1. The van der Waals surface area contributed by atoms with Crippen molar-refractivity contribution in [3.8, 4) is 17.6 Å². The number of nitrogens with one attached hydrogen (secondary N) is 1. The van der Waals surface area contributed by atoms with E-state index in [0.29, 0.717) is 10.6 Å². The van der Waals surface area contributed by atoms with E-state index in [2.05, 4.69) is 33.1 Å². The first-order chi connectivity index (χ1) is 15.8. The summed E-state index contributed by atoms with van der Waals surface area (Å²) in [4.78, 5) is 19.6. The normalized spacial score (nSPS) is 20.9. The van der Waals surface area contributed by atoms with Crippen LogP contribution in [-0.4, -0.2) is 46.2 Å². The summed E-state index contributed by atoms with van der Waals surface area (Å²) in [7, 11) is 0. The molecule has 1 saturated heterocycles. The number of aromatic nitrogens is 1. The van der Waals surface area contributed by atoms with E-state index in [9.17, 15) is 9.90 Å². The van der Waals surface area contributed by atoms with Crippen LogP contribution >= 0.6 is 11.3 Å². The molecule has 6 nitrogen and oxygen atoms in total. The molecule has 0 bridgehead atoms. The van der Waals surface area contributed by atoms with Gasteiger partial charge < -0.3 is 15.2 Å². The second kappa shape index (κ2) is 10.1. The molecule has 2 aromatic heterocycles. The number of carbonyl (C=O) groups is 1. The van der Waals surface area contributed by atoms with Crippen LogP contribution in [0, 0.1) is 17.3 Å². The van der Waals surface area contributed by atoms with Crippen LogP contribution in [0.25, 0.3) is 0 Å². The second-order valence-electron chi connectivity index (χ2n) is 10.0. The van der Waals surface area contributed by atoms with Gasteiger partial charge in [-0.15, -0.1) is 11.3 Å². The van der Waals surface area contributed by atoms with Crippen molar-refractivity contribution in [2.24, 2.45) is 5.41 Å². The van der Waals surface area contributed by atoms with E-state index in [1.54, 1.807) is 0 Å². The molecule has 1 aliphatic heterocycles. The van der Waals surface area contributed by atoms with Crippen LogP contribution in [0.1, 0.15) is 73.0 Å². The Morgan fingerprint density at radius 3 is 2.70 bits per heavy atom. The van der Waals surface area contributed by atoms with Crippen molar-refractivity contribution in [3.05, 3.63) is 39.8 Å². The van der Waals surface area contributed by atoms with Gasteiger partial charge in [-0.05, 0) is 78.1 Å². The monoisotopic (exact) mass is 467 g/mol. The van der Waals surface area contributed by atoms with Crippen LogP contribution in [0.2, 0.25) is 0 Å². The van der Waals surface area contributed by atoms with Crippen molar-refractivity contribution < 1.29 is 14.6 Å². The van der Waals surface area contributed by atoms with E-state index < -0.39 is 5.97 Å². The number of ether oxygens (including phenoxy) is 1. The third kappa shape index (κ3) is 6.49. The SMILES string of the molecule is CC(C)(C)C#Cc1cc(NC2CCC(Oc3cnccc3CN3CCC3)CC2)c(C(=O)O)s1. The first kappa shape index (κ1) is 23.6. The standard InChI is InChI=1S/C26H33N3O3S/c1-26(2,3)11-9-21-15-22(24(33-21)25(30)31)28-19-5-7-20(8-6-19)32-23-16-27-12-10-18(23)17-29-13-4-14-29/h10,12,15-16,19-20,28H,4-8,13-14,17H2,1-3H3,(H,30,31). The fourth-order valence-corrected chi connectivity index (χ4v) is 4.93. The number of hydrogen-bond donors (Lipinski definition) is 2. The van der Waals surface area contributed by atoms with Gasteiger partial charge in [0.25, 0.3) is 0 Å². The van der Waals surface area contributed by atoms with Crippen molar-refractivity contribution >= 4 is 23.0 Å². The van der Waals surface area contributed by atoms with E-state index >= 15 is 0 Å². The Morgan fingerprint density at radius 1 is 1.30 bits per heavy atom. The first-order valence-corrected chi connectivity index (χ1v) is 12.6. The summed E-state index contributed by atoms with van der Waals surface area (Å²) in [6.07, 6.45) is 8.84. The fraction of sp³-hybridized carbons (Fsp3) is 0.538. The van der Waals surface area contributed by atoms with Crippen molar-refractivity contribution in [2.45, 2.75) is 71.6 Å². The van der Waals surface area contributed by atoms with Crippen LogP contribution in [0.5, 0.6) is 5.75 Å². The highest BCUT2D eigenvalue weighted by Gasteiger charge is 2.26. The minimum atomic E-state index is -0.908. The summed E-state index contributed by atoms with van der Waals surface area (Å²) in [6, 6.07) is 4.17. The highest BCUT2D eigenvalue weighted by Crippen LogP contribution is 2.32. The highest BCUT2D eigenvalue weighted by molar-refractivity contribution is 7.15. The summed E-state index contributed by atoms with van der Waals surface area (Å²) >= 11 is 1.24. The molecule has 2 N–H and O–H groups in total. The summed E-state index contributed by atoms with van der Waals surface area (Å²) in [5.74, 6) is 6.31. The summed E-state index contributed by atoms with van der Waals surface area (Å²) in [6.45, 7) is 9.37. The van der Waals surface area contributed by atoms with Gasteiger partial charge in [-0.3, -0.25) is 9.88 Å². The van der Waals surface area contributed by atoms with Crippen LogP contribution in [0.4, 0.5) is 5.69 Å². The van der Waals surface area contributed by atoms with Crippen LogP contribution in [0.3, 0.4) is 0 Å². The van der Waals surface area contributed by atoms with E-state index in [4.69, 9.17) is 4.74 Å². The average Bonchev–Trinajstić information content (AvgIpc) is 3.14. The zero-order chi connectivity index (χ0) is 23.4. The Hall–Kier alpha value is -2.56. The van der Waals surface area contributed by atoms with Gasteiger partial charge in [0.05, 0.1) is 22.9 Å². The van der Waals surface area contributed by atoms with Crippen LogP contribution in [-0.2, 0) is 6.54 Å². The molecule has 0 radical (unpaired) electrons. The molecule has 0 aromatic carbocycles. The van der Waals surface area contributed by atoms with E-state index in [0.717, 1.165) is 55.9 Å². The van der Waals surface area contributed by atoms with Crippen molar-refractivity contribution in [1.29, 1.82) is 0 Å². The number of rotatable bonds is 7. The molecule has 2 aromatic rings. The first-order valence-electron chi connectivity index (χ1n) is 11.8.